The Labute approximate surface area is 254 Å². The second kappa shape index (κ2) is 13.0. The van der Waals surface area contributed by atoms with E-state index in [4.69, 9.17) is 5.10 Å². The van der Waals surface area contributed by atoms with Gasteiger partial charge in [0.1, 0.15) is 0 Å². The summed E-state index contributed by atoms with van der Waals surface area (Å²) in [7, 11) is 0. The zero-order valence-electron chi connectivity index (χ0n) is 24.0. The summed E-state index contributed by atoms with van der Waals surface area (Å²) in [6, 6.07) is 25.3. The molecule has 0 radical (unpaired) electrons. The molecule has 6 rings (SSSR count). The van der Waals surface area contributed by atoms with Crippen molar-refractivity contribution in [3.05, 3.63) is 90.0 Å². The molecule has 1 N–H and O–H groups in total. The number of hydrazone groups is 1. The summed E-state index contributed by atoms with van der Waals surface area (Å²) in [5.74, 6) is 0.314. The Morgan fingerprint density at radius 2 is 1.48 bits per heavy atom. The molecule has 2 saturated carbocycles. The lowest BCUT2D eigenvalue weighted by atomic mass is 9.83. The second-order valence-electron chi connectivity index (χ2n) is 11.6. The summed E-state index contributed by atoms with van der Waals surface area (Å²) in [4.78, 5) is 29.0. The minimum atomic E-state index is -0.228. The third-order valence-corrected chi connectivity index (χ3v) is 9.12. The third-order valence-electron chi connectivity index (χ3n) is 8.71. The van der Waals surface area contributed by atoms with Gasteiger partial charge in [0.05, 0.1) is 29.3 Å². The smallest absolute Gasteiger partial charge is 0.334 e. The molecule has 0 atom stereocenters. The Morgan fingerprint density at radius 1 is 0.833 bits per heavy atom. The van der Waals surface area contributed by atoms with Crippen molar-refractivity contribution in [2.24, 2.45) is 11.0 Å². The van der Waals surface area contributed by atoms with E-state index in [9.17, 15) is 9.59 Å². The van der Waals surface area contributed by atoms with Crippen molar-refractivity contribution in [3.8, 4) is 0 Å². The Balaban J connectivity index is 1.32. The quantitative estimate of drug-likeness (QED) is 0.287. The zero-order valence-corrected chi connectivity index (χ0v) is 24.9. The van der Waals surface area contributed by atoms with E-state index in [1.165, 1.54) is 30.0 Å². The van der Waals surface area contributed by atoms with E-state index in [0.29, 0.717) is 23.8 Å². The molecule has 0 saturated heterocycles. The fraction of sp³-hybridized carbons (Fsp3) is 0.382. The molecule has 2 fully saturated rings. The number of thiol groups is 1. The molecule has 1 heterocycles. The van der Waals surface area contributed by atoms with Crippen LogP contribution in [0.4, 0.5) is 26.7 Å². The van der Waals surface area contributed by atoms with Crippen molar-refractivity contribution in [3.63, 3.8) is 0 Å². The zero-order chi connectivity index (χ0) is 28.9. The van der Waals surface area contributed by atoms with Gasteiger partial charge in [0.2, 0.25) is 0 Å². The highest BCUT2D eigenvalue weighted by molar-refractivity contribution is 7.82. The monoisotopic (exact) mass is 581 g/mol. The van der Waals surface area contributed by atoms with Gasteiger partial charge in [-0.1, -0.05) is 99.9 Å². The maximum Gasteiger partial charge on any atom is 0.349 e. The third kappa shape index (κ3) is 6.19. The van der Waals surface area contributed by atoms with Gasteiger partial charge in [-0.05, 0) is 61.6 Å². The number of nitrogens with zero attached hydrogens (tertiary/aromatic N) is 4. The summed E-state index contributed by atoms with van der Waals surface area (Å²) in [6.07, 6.45) is 11.3. The summed E-state index contributed by atoms with van der Waals surface area (Å²) >= 11 is 4.51. The van der Waals surface area contributed by atoms with Gasteiger partial charge >= 0.3 is 12.1 Å². The van der Waals surface area contributed by atoms with Gasteiger partial charge in [-0.3, -0.25) is 4.90 Å². The first-order valence-electron chi connectivity index (χ1n) is 15.3. The first-order valence-corrected chi connectivity index (χ1v) is 15.7. The number of fused-ring (bicyclic) bond motifs is 1. The maximum atomic E-state index is 14.3. The van der Waals surface area contributed by atoms with Crippen molar-refractivity contribution in [2.75, 3.05) is 9.21 Å². The molecular formula is C34H39N5O2S. The Morgan fingerprint density at radius 3 is 2.19 bits per heavy atom. The highest BCUT2D eigenvalue weighted by atomic mass is 32.1. The molecule has 8 heteroatoms. The summed E-state index contributed by atoms with van der Waals surface area (Å²) < 4.78 is 1.35. The molecule has 3 aliphatic rings. The molecule has 0 aromatic heterocycles. The van der Waals surface area contributed by atoms with E-state index in [1.807, 2.05) is 72.8 Å². The van der Waals surface area contributed by atoms with E-state index in [0.717, 1.165) is 61.1 Å². The maximum absolute atomic E-state index is 14.3. The van der Waals surface area contributed by atoms with Gasteiger partial charge in [0, 0.05) is 17.5 Å². The molecule has 3 aromatic rings. The van der Waals surface area contributed by atoms with Crippen LogP contribution in [0.5, 0.6) is 0 Å². The lowest BCUT2D eigenvalue weighted by Gasteiger charge is -2.28. The topological polar surface area (TPSA) is 68.2 Å². The number of nitrogens with one attached hydrogen (secondary N) is 1. The number of para-hydroxylation sites is 1. The van der Waals surface area contributed by atoms with E-state index < -0.39 is 0 Å². The molecule has 7 nitrogen and oxygen atoms in total. The molecule has 218 valence electrons. The van der Waals surface area contributed by atoms with Crippen molar-refractivity contribution < 1.29 is 9.59 Å². The van der Waals surface area contributed by atoms with Crippen LogP contribution in [-0.4, -0.2) is 28.8 Å². The van der Waals surface area contributed by atoms with Gasteiger partial charge in [-0.15, -0.1) is 0 Å². The molecule has 4 amide bonds. The Hall–Kier alpha value is -3.78. The van der Waals surface area contributed by atoms with Crippen LogP contribution >= 0.6 is 12.8 Å². The van der Waals surface area contributed by atoms with E-state index in [-0.39, 0.29) is 18.1 Å². The fourth-order valence-corrected chi connectivity index (χ4v) is 6.65. The number of carbonyl (C=O) groups is 2. The molecule has 0 spiro atoms. The predicted molar refractivity (Wildman–Crippen MR) is 172 cm³/mol. The Kier molecular flexibility index (Phi) is 8.79. The van der Waals surface area contributed by atoms with Gasteiger partial charge in [-0.25, -0.2) is 18.9 Å². The average molecular weight is 582 g/mol. The van der Waals surface area contributed by atoms with Crippen molar-refractivity contribution >= 4 is 47.7 Å². The van der Waals surface area contributed by atoms with Crippen LogP contribution < -0.4 is 14.5 Å². The highest BCUT2D eigenvalue weighted by Crippen LogP contribution is 2.38. The molecule has 3 aromatic carbocycles. The van der Waals surface area contributed by atoms with Crippen LogP contribution in [0.15, 0.2) is 84.0 Å². The summed E-state index contributed by atoms with van der Waals surface area (Å²) in [5, 5.41) is 9.84. The molecular weight excluding hydrogens is 542 g/mol. The lowest BCUT2D eigenvalue weighted by molar-refractivity contribution is 0.207. The average Bonchev–Trinajstić information content (AvgIpc) is 3.16. The normalized spacial score (nSPS) is 18.2. The van der Waals surface area contributed by atoms with Crippen LogP contribution in [0.2, 0.25) is 0 Å². The van der Waals surface area contributed by atoms with Crippen LogP contribution in [-0.2, 0) is 6.54 Å². The molecule has 42 heavy (non-hydrogen) atoms. The standard InChI is InChI=1S/C34H39N5O2S/c40-33(35-27-16-8-3-9-17-27)39(42)29-22-20-28(21-23-29)38-31-19-11-10-18-30(31)32(26-14-6-2-7-15-26)36-37(34(38)41)24-25-12-4-1-5-13-25/h1,4-5,10-13,18-23,26-27,42H,2-3,6-9,14-17,24H2,(H,35,40). The van der Waals surface area contributed by atoms with Gasteiger partial charge in [-0.2, -0.15) is 5.10 Å². The number of carbonyl (C=O) groups excluding carboxylic acids is 2. The minimum Gasteiger partial charge on any atom is -0.334 e. The van der Waals surface area contributed by atoms with E-state index >= 15 is 0 Å². The van der Waals surface area contributed by atoms with Gasteiger partial charge < -0.3 is 5.32 Å². The van der Waals surface area contributed by atoms with Crippen LogP contribution in [0, 0.1) is 5.92 Å². The first kappa shape index (κ1) is 28.3. The summed E-state index contributed by atoms with van der Waals surface area (Å²) in [6.45, 7) is 0.379. The highest BCUT2D eigenvalue weighted by Gasteiger charge is 2.34. The number of rotatable bonds is 6. The number of hydrogen-bond donors (Lipinski definition) is 2. The lowest BCUT2D eigenvalue weighted by Crippen LogP contribution is -2.42. The number of anilines is 3. The number of hydrogen-bond acceptors (Lipinski definition) is 4. The number of benzene rings is 3. The molecule has 0 bridgehead atoms. The number of amides is 4. The van der Waals surface area contributed by atoms with Crippen molar-refractivity contribution in [1.29, 1.82) is 0 Å². The van der Waals surface area contributed by atoms with E-state index in [1.54, 1.807) is 9.91 Å². The Bertz CT molecular complexity index is 1420. The fourth-order valence-electron chi connectivity index (χ4n) is 6.46. The second-order valence-corrected chi connectivity index (χ2v) is 12.0. The predicted octanol–water partition coefficient (Wildman–Crippen LogP) is 8.44. The first-order chi connectivity index (χ1) is 20.6. The largest absolute Gasteiger partial charge is 0.349 e. The molecule has 0 unspecified atom stereocenters. The van der Waals surface area contributed by atoms with Crippen LogP contribution in [0.25, 0.3) is 0 Å². The summed E-state index contributed by atoms with van der Waals surface area (Å²) in [5.41, 5.74) is 5.20. The van der Waals surface area contributed by atoms with E-state index in [2.05, 4.69) is 24.2 Å². The van der Waals surface area contributed by atoms with Crippen molar-refractivity contribution in [1.82, 2.24) is 10.3 Å². The molecule has 1 aliphatic heterocycles. The van der Waals surface area contributed by atoms with Crippen molar-refractivity contribution in [2.45, 2.75) is 76.8 Å². The molecule has 2 aliphatic carbocycles. The number of urea groups is 2. The minimum absolute atomic E-state index is 0.195. The van der Waals surface area contributed by atoms with Crippen LogP contribution in [0.1, 0.15) is 75.3 Å². The van der Waals surface area contributed by atoms with Gasteiger partial charge in [0.15, 0.2) is 0 Å². The van der Waals surface area contributed by atoms with Crippen LogP contribution in [0.3, 0.4) is 0 Å². The van der Waals surface area contributed by atoms with Gasteiger partial charge in [0.25, 0.3) is 0 Å². The SMILES string of the molecule is O=C(NC1CCCCC1)N(S)c1ccc(N2C(=O)N(Cc3ccccc3)N=C(C3CCCCC3)c3ccccc32)cc1.